The summed E-state index contributed by atoms with van der Waals surface area (Å²) in [6, 6.07) is 9.79. The molecule has 0 aliphatic heterocycles. The Labute approximate surface area is 132 Å². The number of carboxylic acids is 1. The van der Waals surface area contributed by atoms with Gasteiger partial charge in [-0.3, -0.25) is 0 Å². The van der Waals surface area contributed by atoms with Crippen LogP contribution in [0.4, 0.5) is 0 Å². The van der Waals surface area contributed by atoms with Crippen LogP contribution in [0.25, 0.3) is 11.1 Å². The predicted octanol–water partition coefficient (Wildman–Crippen LogP) is 4.79. The first-order chi connectivity index (χ1) is 9.93. The second-order valence-electron chi connectivity index (χ2n) is 4.92. The van der Waals surface area contributed by atoms with Crippen molar-refractivity contribution in [1.82, 2.24) is 0 Å². The van der Waals surface area contributed by atoms with E-state index in [-0.39, 0.29) is 4.88 Å². The molecule has 1 aromatic carbocycles. The molecule has 0 unspecified atom stereocenters. The zero-order valence-corrected chi connectivity index (χ0v) is 13.6. The van der Waals surface area contributed by atoms with Crippen molar-refractivity contribution in [1.29, 1.82) is 5.26 Å². The molecule has 2 aromatic rings. The van der Waals surface area contributed by atoms with Gasteiger partial charge in [0.25, 0.3) is 0 Å². The maximum Gasteiger partial charge on any atom is 0.346 e. The summed E-state index contributed by atoms with van der Waals surface area (Å²) in [5, 5.41) is 19.2. The molecule has 1 aromatic heterocycles. The summed E-state index contributed by atoms with van der Waals surface area (Å²) in [7, 11) is 0. The summed E-state index contributed by atoms with van der Waals surface area (Å²) >= 11 is 2.72. The largest absolute Gasteiger partial charge is 0.477 e. The molecule has 21 heavy (non-hydrogen) atoms. The molecular weight excluding hydrogens is 302 g/mol. The molecule has 3 nitrogen and oxygen atoms in total. The molecule has 108 valence electrons. The summed E-state index contributed by atoms with van der Waals surface area (Å²) in [4.78, 5) is 11.8. The highest BCUT2D eigenvalue weighted by molar-refractivity contribution is 8.01. The number of hydrogen-bond acceptors (Lipinski definition) is 4. The lowest BCUT2D eigenvalue weighted by atomic mass is 10.0. The first kappa shape index (κ1) is 15.6. The van der Waals surface area contributed by atoms with Gasteiger partial charge in [-0.1, -0.05) is 43.7 Å². The SMILES string of the molecule is Cc1cccc(-c2c(C(=O)O)sc(SC(C)C)c2C#N)c1. The Morgan fingerprint density at radius 2 is 2.14 bits per heavy atom. The lowest BCUT2D eigenvalue weighted by Crippen LogP contribution is -1.96. The average molecular weight is 317 g/mol. The van der Waals surface area contributed by atoms with Gasteiger partial charge in [0.2, 0.25) is 0 Å². The third-order valence-corrected chi connectivity index (χ3v) is 5.23. The first-order valence-corrected chi connectivity index (χ1v) is 8.17. The first-order valence-electron chi connectivity index (χ1n) is 6.48. The number of hydrogen-bond donors (Lipinski definition) is 1. The normalized spacial score (nSPS) is 10.6. The van der Waals surface area contributed by atoms with Gasteiger partial charge in [-0.2, -0.15) is 5.26 Å². The Bertz CT molecular complexity index is 726. The van der Waals surface area contributed by atoms with E-state index in [4.69, 9.17) is 0 Å². The van der Waals surface area contributed by atoms with Crippen LogP contribution < -0.4 is 0 Å². The van der Waals surface area contributed by atoms with Gasteiger partial charge in [-0.25, -0.2) is 4.79 Å². The van der Waals surface area contributed by atoms with Crippen molar-refractivity contribution in [3.8, 4) is 17.2 Å². The van der Waals surface area contributed by atoms with E-state index in [1.807, 2.05) is 45.0 Å². The molecular formula is C16H15NO2S2. The highest BCUT2D eigenvalue weighted by Gasteiger charge is 2.24. The number of benzene rings is 1. The van der Waals surface area contributed by atoms with Crippen molar-refractivity contribution >= 4 is 29.1 Å². The fourth-order valence-corrected chi connectivity index (χ4v) is 4.59. The van der Waals surface area contributed by atoms with Gasteiger partial charge in [0.1, 0.15) is 10.9 Å². The van der Waals surface area contributed by atoms with Gasteiger partial charge in [-0.15, -0.1) is 23.1 Å². The van der Waals surface area contributed by atoms with Crippen molar-refractivity contribution in [2.24, 2.45) is 0 Å². The van der Waals surface area contributed by atoms with Gasteiger partial charge in [0.15, 0.2) is 0 Å². The van der Waals surface area contributed by atoms with Crippen LogP contribution in [0.5, 0.6) is 0 Å². The van der Waals surface area contributed by atoms with Crippen LogP contribution in [0.1, 0.15) is 34.6 Å². The predicted molar refractivity (Wildman–Crippen MR) is 87.2 cm³/mol. The number of aromatic carboxylic acids is 1. The van der Waals surface area contributed by atoms with E-state index >= 15 is 0 Å². The zero-order valence-electron chi connectivity index (χ0n) is 12.0. The van der Waals surface area contributed by atoms with Crippen molar-refractivity contribution in [2.75, 3.05) is 0 Å². The third-order valence-electron chi connectivity index (χ3n) is 2.83. The molecule has 0 aliphatic rings. The number of nitrogens with zero attached hydrogens (tertiary/aromatic N) is 1. The molecule has 0 saturated heterocycles. The summed E-state index contributed by atoms with van der Waals surface area (Å²) in [6.45, 7) is 6.00. The number of carboxylic acid groups (broad SMARTS) is 1. The number of thioether (sulfide) groups is 1. The number of nitriles is 1. The molecule has 0 saturated carbocycles. The van der Waals surface area contributed by atoms with E-state index in [1.165, 1.54) is 23.1 Å². The van der Waals surface area contributed by atoms with Crippen LogP contribution in [0.15, 0.2) is 28.5 Å². The zero-order chi connectivity index (χ0) is 15.6. The van der Waals surface area contributed by atoms with E-state index in [2.05, 4.69) is 6.07 Å². The van der Waals surface area contributed by atoms with Crippen molar-refractivity contribution in [2.45, 2.75) is 30.2 Å². The minimum atomic E-state index is -0.983. The van der Waals surface area contributed by atoms with Gasteiger partial charge in [0.05, 0.1) is 9.77 Å². The summed E-state index contributed by atoms with van der Waals surface area (Å²) in [5.74, 6) is -0.983. The van der Waals surface area contributed by atoms with Gasteiger partial charge in [-0.05, 0) is 12.5 Å². The maximum atomic E-state index is 11.5. The monoisotopic (exact) mass is 317 g/mol. The Kier molecular flexibility index (Phi) is 4.71. The van der Waals surface area contributed by atoms with Crippen LogP contribution in [0.3, 0.4) is 0 Å². The number of thiophene rings is 1. The molecule has 1 heterocycles. The van der Waals surface area contributed by atoms with Crippen LogP contribution in [0.2, 0.25) is 0 Å². The number of carbonyl (C=O) groups is 1. The summed E-state index contributed by atoms with van der Waals surface area (Å²) < 4.78 is 0.779. The Hall–Kier alpha value is -1.77. The molecule has 1 N–H and O–H groups in total. The molecule has 0 amide bonds. The van der Waals surface area contributed by atoms with E-state index in [1.54, 1.807) is 0 Å². The quantitative estimate of drug-likeness (QED) is 0.823. The van der Waals surface area contributed by atoms with Gasteiger partial charge in [0, 0.05) is 10.8 Å². The van der Waals surface area contributed by atoms with E-state index in [0.717, 1.165) is 15.3 Å². The second-order valence-corrected chi connectivity index (χ2v) is 7.79. The van der Waals surface area contributed by atoms with Crippen molar-refractivity contribution in [3.05, 3.63) is 40.3 Å². The number of aryl methyl sites for hydroxylation is 1. The Morgan fingerprint density at radius 1 is 1.43 bits per heavy atom. The highest BCUT2D eigenvalue weighted by atomic mass is 32.2. The molecule has 0 spiro atoms. The van der Waals surface area contributed by atoms with Gasteiger partial charge < -0.3 is 5.11 Å². The summed E-state index contributed by atoms with van der Waals surface area (Å²) in [5.41, 5.74) is 2.84. The summed E-state index contributed by atoms with van der Waals surface area (Å²) in [6.07, 6.45) is 0. The molecule has 0 atom stereocenters. The second kappa shape index (κ2) is 6.33. The molecule has 0 fully saturated rings. The fraction of sp³-hybridized carbons (Fsp3) is 0.250. The highest BCUT2D eigenvalue weighted by Crippen LogP contribution is 2.42. The van der Waals surface area contributed by atoms with Crippen LogP contribution in [-0.2, 0) is 0 Å². The maximum absolute atomic E-state index is 11.5. The van der Waals surface area contributed by atoms with Crippen molar-refractivity contribution in [3.63, 3.8) is 0 Å². The molecule has 0 bridgehead atoms. The Balaban J connectivity index is 2.70. The van der Waals surface area contributed by atoms with Crippen LogP contribution in [0, 0.1) is 18.3 Å². The molecule has 2 rings (SSSR count). The van der Waals surface area contributed by atoms with Crippen molar-refractivity contribution < 1.29 is 9.90 Å². The van der Waals surface area contributed by atoms with E-state index in [9.17, 15) is 15.2 Å². The standard InChI is InChI=1S/C16H15NO2S2/c1-9(2)20-16-12(8-17)13(14(21-16)15(18)19)11-6-4-5-10(3)7-11/h4-7,9H,1-3H3,(H,18,19). The molecule has 5 heteroatoms. The Morgan fingerprint density at radius 3 is 2.67 bits per heavy atom. The minimum absolute atomic E-state index is 0.236. The van der Waals surface area contributed by atoms with E-state index < -0.39 is 5.97 Å². The average Bonchev–Trinajstić information content (AvgIpc) is 2.76. The van der Waals surface area contributed by atoms with E-state index in [0.29, 0.717) is 16.4 Å². The lowest BCUT2D eigenvalue weighted by molar-refractivity contribution is 0.0703. The molecule has 0 radical (unpaired) electrons. The third kappa shape index (κ3) is 3.29. The van der Waals surface area contributed by atoms with Crippen LogP contribution in [-0.4, -0.2) is 16.3 Å². The minimum Gasteiger partial charge on any atom is -0.477 e. The molecule has 0 aliphatic carbocycles. The van der Waals surface area contributed by atoms with Gasteiger partial charge >= 0.3 is 5.97 Å². The van der Waals surface area contributed by atoms with Crippen LogP contribution >= 0.6 is 23.1 Å². The lowest BCUT2D eigenvalue weighted by Gasteiger charge is -2.04. The fourth-order valence-electron chi connectivity index (χ4n) is 2.04. The topological polar surface area (TPSA) is 61.1 Å². The number of rotatable bonds is 4. The smallest absolute Gasteiger partial charge is 0.346 e.